The maximum absolute atomic E-state index is 6.55. The second-order valence-electron chi connectivity index (χ2n) is 7.71. The third kappa shape index (κ3) is 3.65. The summed E-state index contributed by atoms with van der Waals surface area (Å²) < 4.78 is 19.7. The standard InChI is InChI=1S/C22H30O3Si/c1-15(2)23-26(24-16(3)4,25-17(5)6)22-20-13-9-7-11-18(20)19-12-8-10-14-21(19)22/h7-17,22H,1-6H3. The van der Waals surface area contributed by atoms with Crippen LogP contribution in [0.2, 0.25) is 0 Å². The fourth-order valence-corrected chi connectivity index (χ4v) is 7.62. The summed E-state index contributed by atoms with van der Waals surface area (Å²) in [6.45, 7) is 12.3. The van der Waals surface area contributed by atoms with Gasteiger partial charge in [-0.25, -0.2) is 0 Å². The van der Waals surface area contributed by atoms with Gasteiger partial charge in [0.15, 0.2) is 0 Å². The number of hydrogen-bond acceptors (Lipinski definition) is 3. The Morgan fingerprint density at radius 1 is 0.615 bits per heavy atom. The van der Waals surface area contributed by atoms with E-state index in [1.54, 1.807) is 0 Å². The minimum Gasteiger partial charge on any atom is -0.370 e. The summed E-state index contributed by atoms with van der Waals surface area (Å²) in [6.07, 6.45) is 0.0808. The Kier molecular flexibility index (Phi) is 5.68. The Labute approximate surface area is 158 Å². The highest BCUT2D eigenvalue weighted by Crippen LogP contribution is 2.50. The Morgan fingerprint density at radius 3 is 1.31 bits per heavy atom. The van der Waals surface area contributed by atoms with Crippen molar-refractivity contribution < 1.29 is 13.3 Å². The lowest BCUT2D eigenvalue weighted by molar-refractivity contribution is -0.00138. The van der Waals surface area contributed by atoms with E-state index < -0.39 is 8.80 Å². The van der Waals surface area contributed by atoms with E-state index in [4.69, 9.17) is 13.3 Å². The first kappa shape index (κ1) is 19.3. The van der Waals surface area contributed by atoms with Crippen molar-refractivity contribution in [3.05, 3.63) is 59.7 Å². The smallest absolute Gasteiger partial charge is 0.370 e. The summed E-state index contributed by atoms with van der Waals surface area (Å²) in [4.78, 5) is 0. The molecule has 2 aromatic rings. The van der Waals surface area contributed by atoms with Crippen LogP contribution in [0, 0.1) is 0 Å². The van der Waals surface area contributed by atoms with Gasteiger partial charge >= 0.3 is 8.80 Å². The molecule has 0 aliphatic heterocycles. The lowest BCUT2D eigenvalue weighted by atomic mass is 10.1. The minimum atomic E-state index is -3.05. The van der Waals surface area contributed by atoms with Crippen molar-refractivity contribution in [1.82, 2.24) is 0 Å². The fraction of sp³-hybridized carbons (Fsp3) is 0.455. The van der Waals surface area contributed by atoms with Crippen LogP contribution in [-0.2, 0) is 13.3 Å². The lowest BCUT2D eigenvalue weighted by Gasteiger charge is -2.39. The van der Waals surface area contributed by atoms with Crippen LogP contribution in [0.25, 0.3) is 11.1 Å². The van der Waals surface area contributed by atoms with E-state index in [1.807, 2.05) is 0 Å². The summed E-state index contributed by atoms with van der Waals surface area (Å²) in [5, 5.41) is 0. The number of benzene rings is 2. The molecule has 1 aliphatic carbocycles. The van der Waals surface area contributed by atoms with E-state index >= 15 is 0 Å². The lowest BCUT2D eigenvalue weighted by Crippen LogP contribution is -2.55. The van der Waals surface area contributed by atoms with Crippen LogP contribution < -0.4 is 0 Å². The van der Waals surface area contributed by atoms with Crippen molar-refractivity contribution in [2.75, 3.05) is 0 Å². The van der Waals surface area contributed by atoms with E-state index in [2.05, 4.69) is 90.1 Å². The Balaban J connectivity index is 2.22. The van der Waals surface area contributed by atoms with Gasteiger partial charge in [0.2, 0.25) is 0 Å². The van der Waals surface area contributed by atoms with Gasteiger partial charge < -0.3 is 13.3 Å². The third-order valence-electron chi connectivity index (χ3n) is 4.39. The van der Waals surface area contributed by atoms with Crippen molar-refractivity contribution in [2.45, 2.75) is 65.4 Å². The first-order chi connectivity index (χ1) is 12.3. The summed E-state index contributed by atoms with van der Waals surface area (Å²) in [7, 11) is -3.05. The summed E-state index contributed by atoms with van der Waals surface area (Å²) >= 11 is 0. The molecule has 0 radical (unpaired) electrons. The van der Waals surface area contributed by atoms with Crippen molar-refractivity contribution >= 4 is 8.80 Å². The minimum absolute atomic E-state index is 0.00194. The molecule has 0 N–H and O–H groups in total. The van der Waals surface area contributed by atoms with Crippen LogP contribution in [0.3, 0.4) is 0 Å². The molecule has 140 valence electrons. The topological polar surface area (TPSA) is 27.7 Å². The number of hydrogen-bond donors (Lipinski definition) is 0. The van der Waals surface area contributed by atoms with E-state index in [1.165, 1.54) is 22.3 Å². The van der Waals surface area contributed by atoms with Crippen molar-refractivity contribution in [3.8, 4) is 11.1 Å². The van der Waals surface area contributed by atoms with Gasteiger partial charge in [-0.3, -0.25) is 0 Å². The molecule has 0 aromatic heterocycles. The molecule has 1 aliphatic rings. The SMILES string of the molecule is CC(C)O[Si](OC(C)C)(OC(C)C)C1c2ccccc2-c2ccccc21. The maximum atomic E-state index is 6.55. The first-order valence-electron chi connectivity index (χ1n) is 9.55. The zero-order chi connectivity index (χ0) is 18.9. The van der Waals surface area contributed by atoms with Crippen LogP contribution in [-0.4, -0.2) is 27.1 Å². The fourth-order valence-electron chi connectivity index (χ4n) is 3.81. The van der Waals surface area contributed by atoms with Gasteiger partial charge in [0.25, 0.3) is 0 Å². The molecule has 3 rings (SSSR count). The van der Waals surface area contributed by atoms with Crippen molar-refractivity contribution in [3.63, 3.8) is 0 Å². The van der Waals surface area contributed by atoms with Gasteiger partial charge in [-0.15, -0.1) is 0 Å². The molecule has 0 amide bonds. The molecule has 0 bridgehead atoms. The van der Waals surface area contributed by atoms with E-state index in [9.17, 15) is 0 Å². The zero-order valence-corrected chi connectivity index (χ0v) is 17.7. The molecular weight excluding hydrogens is 340 g/mol. The molecule has 0 fully saturated rings. The molecule has 0 saturated carbocycles. The van der Waals surface area contributed by atoms with Crippen LogP contribution >= 0.6 is 0 Å². The molecule has 0 spiro atoms. The van der Waals surface area contributed by atoms with Crippen molar-refractivity contribution in [2.24, 2.45) is 0 Å². The van der Waals surface area contributed by atoms with Gasteiger partial charge in [-0.1, -0.05) is 48.5 Å². The van der Waals surface area contributed by atoms with Gasteiger partial charge in [0.05, 0.1) is 5.54 Å². The Morgan fingerprint density at radius 2 is 0.962 bits per heavy atom. The van der Waals surface area contributed by atoms with Gasteiger partial charge in [-0.2, -0.15) is 0 Å². The van der Waals surface area contributed by atoms with Crippen LogP contribution in [0.5, 0.6) is 0 Å². The van der Waals surface area contributed by atoms with Crippen LogP contribution in [0.4, 0.5) is 0 Å². The molecule has 26 heavy (non-hydrogen) atoms. The Hall–Kier alpha value is -1.46. The zero-order valence-electron chi connectivity index (χ0n) is 16.7. The largest absolute Gasteiger partial charge is 0.514 e. The molecule has 4 heteroatoms. The summed E-state index contributed by atoms with van der Waals surface area (Å²) in [5.74, 6) is 0. The second-order valence-corrected chi connectivity index (χ2v) is 10.2. The maximum Gasteiger partial charge on any atom is 0.514 e. The highest BCUT2D eigenvalue weighted by atomic mass is 28.4. The van der Waals surface area contributed by atoms with E-state index in [0.29, 0.717) is 0 Å². The second kappa shape index (κ2) is 7.65. The van der Waals surface area contributed by atoms with Crippen LogP contribution in [0.1, 0.15) is 58.2 Å². The number of rotatable bonds is 7. The predicted octanol–water partition coefficient (Wildman–Crippen LogP) is 5.55. The highest BCUT2D eigenvalue weighted by molar-refractivity contribution is 6.64. The normalized spacial score (nSPS) is 14.3. The molecular formula is C22H30O3Si. The molecule has 0 heterocycles. The van der Waals surface area contributed by atoms with E-state index in [0.717, 1.165) is 0 Å². The van der Waals surface area contributed by atoms with E-state index in [-0.39, 0.29) is 23.9 Å². The van der Waals surface area contributed by atoms with Crippen LogP contribution in [0.15, 0.2) is 48.5 Å². The molecule has 0 atom stereocenters. The predicted molar refractivity (Wildman–Crippen MR) is 108 cm³/mol. The average molecular weight is 371 g/mol. The van der Waals surface area contributed by atoms with Crippen molar-refractivity contribution in [1.29, 1.82) is 0 Å². The highest BCUT2D eigenvalue weighted by Gasteiger charge is 2.56. The van der Waals surface area contributed by atoms with Gasteiger partial charge in [0, 0.05) is 18.3 Å². The average Bonchev–Trinajstić information content (AvgIpc) is 2.87. The summed E-state index contributed by atoms with van der Waals surface area (Å²) in [5.41, 5.74) is 5.03. The summed E-state index contributed by atoms with van der Waals surface area (Å²) in [6, 6.07) is 17.1. The monoisotopic (exact) mass is 370 g/mol. The molecule has 0 saturated heterocycles. The number of fused-ring (bicyclic) bond motifs is 3. The van der Waals surface area contributed by atoms with Gasteiger partial charge in [0.1, 0.15) is 0 Å². The molecule has 2 aromatic carbocycles. The third-order valence-corrected chi connectivity index (χ3v) is 8.12. The Bertz CT molecular complexity index is 683. The molecule has 0 unspecified atom stereocenters. The quantitative estimate of drug-likeness (QED) is 0.598. The molecule has 3 nitrogen and oxygen atoms in total. The first-order valence-corrected chi connectivity index (χ1v) is 11.4. The van der Waals surface area contributed by atoms with Gasteiger partial charge in [-0.05, 0) is 63.8 Å².